The van der Waals surface area contributed by atoms with Crippen molar-refractivity contribution in [3.05, 3.63) is 0 Å². The number of nitrogens with one attached hydrogen (secondary N) is 1. The van der Waals surface area contributed by atoms with E-state index in [-0.39, 0.29) is 0 Å². The molecule has 2 nitrogen and oxygen atoms in total. The summed E-state index contributed by atoms with van der Waals surface area (Å²) in [4.78, 5) is 2.69. The van der Waals surface area contributed by atoms with Crippen LogP contribution < -0.4 is 5.32 Å². The molecule has 1 rings (SSSR count). The molecule has 0 saturated carbocycles. The van der Waals surface area contributed by atoms with E-state index in [9.17, 15) is 0 Å². The van der Waals surface area contributed by atoms with Gasteiger partial charge in [0, 0.05) is 6.54 Å². The van der Waals surface area contributed by atoms with E-state index in [1.165, 1.54) is 90.5 Å². The van der Waals surface area contributed by atoms with Crippen LogP contribution in [0.1, 0.15) is 78.6 Å². The fourth-order valence-corrected chi connectivity index (χ4v) is 3.33. The van der Waals surface area contributed by atoms with Crippen LogP contribution in [0.3, 0.4) is 0 Å². The molecule has 21 heavy (non-hydrogen) atoms. The zero-order valence-electron chi connectivity index (χ0n) is 15.0. The molecule has 1 N–H and O–H groups in total. The highest BCUT2D eigenvalue weighted by molar-refractivity contribution is 4.77. The van der Waals surface area contributed by atoms with Gasteiger partial charge < -0.3 is 10.2 Å². The standard InChI is InChI=1S/C19H40N2/c1-4-5-6-7-8-9-10-11-13-21-14-12-19(17-21)16-20-15-18(2)3/h18-20H,4-17H2,1-3H3. The van der Waals surface area contributed by atoms with Crippen LogP contribution in [0.15, 0.2) is 0 Å². The van der Waals surface area contributed by atoms with Gasteiger partial charge in [0.15, 0.2) is 0 Å². The van der Waals surface area contributed by atoms with Gasteiger partial charge in [-0.25, -0.2) is 0 Å². The molecular weight excluding hydrogens is 256 g/mol. The summed E-state index contributed by atoms with van der Waals surface area (Å²) in [6.45, 7) is 13.3. The first-order valence-corrected chi connectivity index (χ1v) is 9.65. The van der Waals surface area contributed by atoms with E-state index in [4.69, 9.17) is 0 Å². The minimum Gasteiger partial charge on any atom is -0.316 e. The van der Waals surface area contributed by atoms with Gasteiger partial charge in [0.25, 0.3) is 0 Å². The van der Waals surface area contributed by atoms with Gasteiger partial charge in [-0.1, -0.05) is 65.7 Å². The SMILES string of the molecule is CCCCCCCCCCN1CCC(CNCC(C)C)C1. The number of hydrogen-bond donors (Lipinski definition) is 1. The lowest BCUT2D eigenvalue weighted by Gasteiger charge is -2.16. The minimum absolute atomic E-state index is 0.778. The average molecular weight is 297 g/mol. The Labute approximate surface area is 134 Å². The Hall–Kier alpha value is -0.0800. The number of nitrogens with zero attached hydrogens (tertiary/aromatic N) is 1. The maximum atomic E-state index is 3.62. The predicted octanol–water partition coefficient (Wildman–Crippen LogP) is 4.69. The Balaban J connectivity index is 1.88. The van der Waals surface area contributed by atoms with E-state index >= 15 is 0 Å². The largest absolute Gasteiger partial charge is 0.316 e. The van der Waals surface area contributed by atoms with Crippen molar-refractivity contribution in [1.82, 2.24) is 10.2 Å². The van der Waals surface area contributed by atoms with Gasteiger partial charge in [0.2, 0.25) is 0 Å². The highest BCUT2D eigenvalue weighted by Gasteiger charge is 2.21. The number of likely N-dealkylation sites (tertiary alicyclic amines) is 1. The van der Waals surface area contributed by atoms with Gasteiger partial charge in [-0.15, -0.1) is 0 Å². The molecule has 0 amide bonds. The molecule has 0 aromatic rings. The molecule has 0 bridgehead atoms. The molecule has 0 aliphatic carbocycles. The van der Waals surface area contributed by atoms with Crippen LogP contribution >= 0.6 is 0 Å². The molecule has 126 valence electrons. The maximum absolute atomic E-state index is 3.62. The van der Waals surface area contributed by atoms with Crippen LogP contribution in [-0.4, -0.2) is 37.6 Å². The van der Waals surface area contributed by atoms with E-state index in [0.717, 1.165) is 11.8 Å². The van der Waals surface area contributed by atoms with Crippen LogP contribution in [0.4, 0.5) is 0 Å². The quantitative estimate of drug-likeness (QED) is 0.496. The first kappa shape index (κ1) is 19.0. The van der Waals surface area contributed by atoms with Crippen molar-refractivity contribution in [1.29, 1.82) is 0 Å². The topological polar surface area (TPSA) is 15.3 Å². The van der Waals surface area contributed by atoms with E-state index in [1.54, 1.807) is 0 Å². The van der Waals surface area contributed by atoms with Crippen molar-refractivity contribution in [3.63, 3.8) is 0 Å². The minimum atomic E-state index is 0.778. The molecule has 1 aliphatic rings. The van der Waals surface area contributed by atoms with Crippen molar-refractivity contribution in [2.75, 3.05) is 32.7 Å². The summed E-state index contributed by atoms with van der Waals surface area (Å²) >= 11 is 0. The highest BCUT2D eigenvalue weighted by Crippen LogP contribution is 2.16. The average Bonchev–Trinajstić information content (AvgIpc) is 2.89. The fourth-order valence-electron chi connectivity index (χ4n) is 3.33. The summed E-state index contributed by atoms with van der Waals surface area (Å²) in [7, 11) is 0. The van der Waals surface area contributed by atoms with Gasteiger partial charge in [-0.3, -0.25) is 0 Å². The molecule has 2 heteroatoms. The summed E-state index contributed by atoms with van der Waals surface area (Å²) in [6.07, 6.45) is 12.9. The van der Waals surface area contributed by atoms with Crippen LogP contribution in [0, 0.1) is 11.8 Å². The summed E-state index contributed by atoms with van der Waals surface area (Å²) in [6, 6.07) is 0. The summed E-state index contributed by atoms with van der Waals surface area (Å²) in [5.41, 5.74) is 0. The van der Waals surface area contributed by atoms with Crippen molar-refractivity contribution in [3.8, 4) is 0 Å². The normalized spacial score (nSPS) is 19.7. The third-order valence-electron chi connectivity index (χ3n) is 4.68. The van der Waals surface area contributed by atoms with Crippen LogP contribution in [0.2, 0.25) is 0 Å². The number of unbranched alkanes of at least 4 members (excludes halogenated alkanes) is 7. The Morgan fingerprint density at radius 1 is 1.00 bits per heavy atom. The third kappa shape index (κ3) is 10.3. The van der Waals surface area contributed by atoms with Gasteiger partial charge in [-0.2, -0.15) is 0 Å². The Morgan fingerprint density at radius 2 is 1.67 bits per heavy atom. The summed E-state index contributed by atoms with van der Waals surface area (Å²) < 4.78 is 0. The molecule has 1 heterocycles. The summed E-state index contributed by atoms with van der Waals surface area (Å²) in [5.74, 6) is 1.68. The molecule has 1 fully saturated rings. The zero-order valence-corrected chi connectivity index (χ0v) is 15.0. The molecule has 1 unspecified atom stereocenters. The van der Waals surface area contributed by atoms with Crippen molar-refractivity contribution >= 4 is 0 Å². The van der Waals surface area contributed by atoms with Crippen molar-refractivity contribution < 1.29 is 0 Å². The second-order valence-corrected chi connectivity index (χ2v) is 7.48. The van der Waals surface area contributed by atoms with E-state index in [2.05, 4.69) is 31.0 Å². The second-order valence-electron chi connectivity index (χ2n) is 7.48. The Bertz CT molecular complexity index is 228. The van der Waals surface area contributed by atoms with Gasteiger partial charge in [-0.05, 0) is 50.9 Å². The highest BCUT2D eigenvalue weighted by atomic mass is 15.1. The number of rotatable bonds is 13. The zero-order chi connectivity index (χ0) is 15.3. The van der Waals surface area contributed by atoms with Crippen molar-refractivity contribution in [2.24, 2.45) is 11.8 Å². The lowest BCUT2D eigenvalue weighted by atomic mass is 10.1. The molecular formula is C19H40N2. The molecule has 1 saturated heterocycles. The molecule has 0 aromatic heterocycles. The van der Waals surface area contributed by atoms with Crippen LogP contribution in [0.25, 0.3) is 0 Å². The predicted molar refractivity (Wildman–Crippen MR) is 94.9 cm³/mol. The molecule has 0 aromatic carbocycles. The smallest absolute Gasteiger partial charge is 0.00223 e. The molecule has 0 spiro atoms. The number of hydrogen-bond acceptors (Lipinski definition) is 2. The van der Waals surface area contributed by atoms with Crippen LogP contribution in [-0.2, 0) is 0 Å². The van der Waals surface area contributed by atoms with Crippen LogP contribution in [0.5, 0.6) is 0 Å². The lowest BCUT2D eigenvalue weighted by molar-refractivity contribution is 0.311. The van der Waals surface area contributed by atoms with Gasteiger partial charge >= 0.3 is 0 Å². The Morgan fingerprint density at radius 3 is 2.33 bits per heavy atom. The first-order chi connectivity index (χ1) is 10.2. The third-order valence-corrected chi connectivity index (χ3v) is 4.68. The van der Waals surface area contributed by atoms with Gasteiger partial charge in [0.05, 0.1) is 0 Å². The van der Waals surface area contributed by atoms with Gasteiger partial charge in [0.1, 0.15) is 0 Å². The second kappa shape index (κ2) is 12.5. The molecule has 1 atom stereocenters. The molecule has 0 radical (unpaired) electrons. The summed E-state index contributed by atoms with van der Waals surface area (Å²) in [5, 5.41) is 3.62. The molecule has 1 aliphatic heterocycles. The lowest BCUT2D eigenvalue weighted by Crippen LogP contribution is -2.29. The first-order valence-electron chi connectivity index (χ1n) is 9.65. The maximum Gasteiger partial charge on any atom is 0.00223 e. The van der Waals surface area contributed by atoms with Crippen molar-refractivity contribution in [2.45, 2.75) is 78.6 Å². The van der Waals surface area contributed by atoms with E-state index in [0.29, 0.717) is 0 Å². The monoisotopic (exact) mass is 296 g/mol. The fraction of sp³-hybridized carbons (Fsp3) is 1.00. The Kier molecular flexibility index (Phi) is 11.3. The van der Waals surface area contributed by atoms with E-state index in [1.807, 2.05) is 0 Å². The van der Waals surface area contributed by atoms with E-state index < -0.39 is 0 Å².